The van der Waals surface area contributed by atoms with Crippen molar-refractivity contribution in [3.05, 3.63) is 77.9 Å². The minimum atomic E-state index is -0.674. The topological polar surface area (TPSA) is 32.7 Å². The molecule has 2 aliphatic heterocycles. The van der Waals surface area contributed by atoms with Gasteiger partial charge in [0.25, 0.3) is 0 Å². The van der Waals surface area contributed by atoms with E-state index in [1.807, 2.05) is 43.3 Å². The van der Waals surface area contributed by atoms with Gasteiger partial charge in [0.05, 0.1) is 11.7 Å². The lowest BCUT2D eigenvalue weighted by molar-refractivity contribution is 0.0816. The number of fused-ring (bicyclic) bond motifs is 5. The molecule has 5 rings (SSSR count). The van der Waals surface area contributed by atoms with Gasteiger partial charge in [0, 0.05) is 11.5 Å². The number of amidine groups is 1. The number of aliphatic imine (C=N–C) groups is 1. The van der Waals surface area contributed by atoms with Crippen LogP contribution in [0.25, 0.3) is 0 Å². The molecule has 0 N–H and O–H groups in total. The summed E-state index contributed by atoms with van der Waals surface area (Å²) in [5, 5.41) is 0. The summed E-state index contributed by atoms with van der Waals surface area (Å²) in [6, 6.07) is 18.3. The number of benzene rings is 2. The Hall–Kier alpha value is -2.68. The van der Waals surface area contributed by atoms with Crippen molar-refractivity contribution in [1.82, 2.24) is 0 Å². The van der Waals surface area contributed by atoms with E-state index in [1.54, 1.807) is 0 Å². The zero-order valence-corrected chi connectivity index (χ0v) is 14.2. The second kappa shape index (κ2) is 5.16. The number of hydrogen-bond acceptors (Lipinski definition) is 3. The van der Waals surface area contributed by atoms with Crippen LogP contribution in [0, 0.1) is 5.92 Å². The van der Waals surface area contributed by atoms with Gasteiger partial charge in [0.15, 0.2) is 5.78 Å². The summed E-state index contributed by atoms with van der Waals surface area (Å²) < 4.78 is 0. The molecule has 25 heavy (non-hydrogen) atoms. The highest BCUT2D eigenvalue weighted by molar-refractivity contribution is 6.22. The third-order valence-electron chi connectivity index (χ3n) is 5.89. The zero-order chi connectivity index (χ0) is 17.0. The summed E-state index contributed by atoms with van der Waals surface area (Å²) in [5.74, 6) is 1.30. The van der Waals surface area contributed by atoms with Crippen LogP contribution in [0.2, 0.25) is 0 Å². The molecule has 3 nitrogen and oxygen atoms in total. The lowest BCUT2D eigenvalue weighted by atomic mass is 9.67. The van der Waals surface area contributed by atoms with Crippen molar-refractivity contribution in [2.45, 2.75) is 31.3 Å². The molecular weight excluding hydrogens is 308 g/mol. The van der Waals surface area contributed by atoms with Gasteiger partial charge in [-0.2, -0.15) is 0 Å². The number of nitrogens with zero attached hydrogens (tertiary/aromatic N) is 2. The molecule has 0 saturated heterocycles. The molecule has 1 aliphatic carbocycles. The van der Waals surface area contributed by atoms with Crippen molar-refractivity contribution < 1.29 is 4.79 Å². The summed E-state index contributed by atoms with van der Waals surface area (Å²) in [4.78, 5) is 21.0. The van der Waals surface area contributed by atoms with Crippen LogP contribution in [0.15, 0.2) is 71.7 Å². The lowest BCUT2D eigenvalue weighted by Gasteiger charge is -2.50. The maximum Gasteiger partial charge on any atom is 0.195 e. The fraction of sp³-hybridized carbons (Fsp3) is 0.273. The van der Waals surface area contributed by atoms with Gasteiger partial charge in [-0.25, -0.2) is 0 Å². The Labute approximate surface area is 147 Å². The first kappa shape index (κ1) is 14.6. The molecule has 0 unspecified atom stereocenters. The van der Waals surface area contributed by atoms with Gasteiger partial charge in [-0.3, -0.25) is 9.79 Å². The van der Waals surface area contributed by atoms with Crippen LogP contribution in [-0.2, 0) is 5.54 Å². The van der Waals surface area contributed by atoms with E-state index in [2.05, 4.69) is 35.3 Å². The monoisotopic (exact) mass is 328 g/mol. The number of carbonyl (C=O) groups is 1. The van der Waals surface area contributed by atoms with E-state index in [0.29, 0.717) is 0 Å². The number of carbonyl (C=O) groups excluding carboxylic acids is 1. The van der Waals surface area contributed by atoms with E-state index in [9.17, 15) is 4.79 Å². The van der Waals surface area contributed by atoms with Crippen molar-refractivity contribution in [2.24, 2.45) is 10.9 Å². The average Bonchev–Trinajstić information content (AvgIpc) is 2.94. The van der Waals surface area contributed by atoms with Crippen molar-refractivity contribution in [3.63, 3.8) is 0 Å². The predicted octanol–water partition coefficient (Wildman–Crippen LogP) is 4.35. The number of para-hydroxylation sites is 1. The molecule has 2 aromatic rings. The third-order valence-corrected chi connectivity index (χ3v) is 5.89. The summed E-state index contributed by atoms with van der Waals surface area (Å²) in [6.45, 7) is 2.03. The molecule has 2 heterocycles. The number of allylic oxidation sites excluding steroid dienone is 1. The molecule has 0 saturated carbocycles. The number of hydrogen-bond donors (Lipinski definition) is 0. The fourth-order valence-electron chi connectivity index (χ4n) is 4.97. The lowest BCUT2D eigenvalue weighted by Crippen LogP contribution is -2.61. The van der Waals surface area contributed by atoms with E-state index in [4.69, 9.17) is 4.99 Å². The van der Waals surface area contributed by atoms with Crippen LogP contribution < -0.4 is 4.90 Å². The summed E-state index contributed by atoms with van der Waals surface area (Å²) in [7, 11) is 0. The number of Topliss-reactive ketones (excluding diaryl/α,β-unsaturated/α-hetero) is 1. The van der Waals surface area contributed by atoms with Crippen molar-refractivity contribution in [1.29, 1.82) is 0 Å². The largest absolute Gasteiger partial charge is 0.311 e. The molecule has 0 radical (unpaired) electrons. The molecule has 0 fully saturated rings. The van der Waals surface area contributed by atoms with Gasteiger partial charge in [0.2, 0.25) is 0 Å². The van der Waals surface area contributed by atoms with E-state index < -0.39 is 5.54 Å². The minimum absolute atomic E-state index is 0.0727. The second-order valence-corrected chi connectivity index (χ2v) is 7.09. The fourth-order valence-corrected chi connectivity index (χ4v) is 4.97. The van der Waals surface area contributed by atoms with Crippen LogP contribution in [0.3, 0.4) is 0 Å². The predicted molar refractivity (Wildman–Crippen MR) is 100 cm³/mol. The van der Waals surface area contributed by atoms with Crippen LogP contribution in [0.4, 0.5) is 5.69 Å². The van der Waals surface area contributed by atoms with E-state index >= 15 is 0 Å². The maximum atomic E-state index is 13.8. The second-order valence-electron chi connectivity index (χ2n) is 7.09. The van der Waals surface area contributed by atoms with Gasteiger partial charge in [-0.05, 0) is 37.5 Å². The summed E-state index contributed by atoms with van der Waals surface area (Å²) in [6.07, 6.45) is 6.37. The molecule has 0 amide bonds. The Bertz CT molecular complexity index is 915. The SMILES string of the molecule is CC1=N[C@H]2C=CCC[C@H]2[C@@]2(c3ccccc3)C(=O)c3ccccc3N12. The summed E-state index contributed by atoms with van der Waals surface area (Å²) >= 11 is 0. The number of ketones is 1. The van der Waals surface area contributed by atoms with Crippen LogP contribution in [-0.4, -0.2) is 17.7 Å². The molecule has 124 valence electrons. The standard InChI is InChI=1S/C22H20N2O/c1-15-23-19-13-7-6-12-18(19)22(16-9-3-2-4-10-16)21(25)17-11-5-8-14-20(17)24(15)22/h2-5,7-11,13-14,18-19H,6,12H2,1H3/t18-,19+,22+/m1/s1. The van der Waals surface area contributed by atoms with Crippen LogP contribution in [0.5, 0.6) is 0 Å². The van der Waals surface area contributed by atoms with Crippen molar-refractivity contribution >= 4 is 17.3 Å². The first-order valence-corrected chi connectivity index (χ1v) is 8.95. The summed E-state index contributed by atoms with van der Waals surface area (Å²) in [5.41, 5.74) is 2.21. The average molecular weight is 328 g/mol. The normalized spacial score (nSPS) is 29.7. The van der Waals surface area contributed by atoms with Crippen molar-refractivity contribution in [3.8, 4) is 0 Å². The quantitative estimate of drug-likeness (QED) is 0.729. The third kappa shape index (κ3) is 1.76. The van der Waals surface area contributed by atoms with E-state index in [1.165, 1.54) is 0 Å². The highest BCUT2D eigenvalue weighted by Gasteiger charge is 2.61. The molecule has 3 aliphatic rings. The first-order valence-electron chi connectivity index (χ1n) is 8.95. The molecule has 3 heteroatoms. The van der Waals surface area contributed by atoms with Gasteiger partial charge in [0.1, 0.15) is 11.4 Å². The Balaban J connectivity index is 1.86. The van der Waals surface area contributed by atoms with Crippen LogP contribution in [0.1, 0.15) is 35.7 Å². The molecule has 3 atom stereocenters. The van der Waals surface area contributed by atoms with Crippen LogP contribution >= 0.6 is 0 Å². The molecule has 0 aromatic heterocycles. The smallest absolute Gasteiger partial charge is 0.195 e. The van der Waals surface area contributed by atoms with Crippen molar-refractivity contribution in [2.75, 3.05) is 4.90 Å². The highest BCUT2D eigenvalue weighted by Crippen LogP contribution is 2.54. The minimum Gasteiger partial charge on any atom is -0.311 e. The molecule has 0 spiro atoms. The van der Waals surface area contributed by atoms with Gasteiger partial charge in [-0.15, -0.1) is 0 Å². The zero-order valence-electron chi connectivity index (χ0n) is 14.2. The van der Waals surface area contributed by atoms with E-state index in [-0.39, 0.29) is 17.7 Å². The van der Waals surface area contributed by atoms with Gasteiger partial charge >= 0.3 is 0 Å². The molecule has 0 bridgehead atoms. The molecular formula is C22H20N2O. The highest BCUT2D eigenvalue weighted by atomic mass is 16.1. The Morgan fingerprint density at radius 1 is 1.08 bits per heavy atom. The Morgan fingerprint density at radius 3 is 2.68 bits per heavy atom. The van der Waals surface area contributed by atoms with E-state index in [0.717, 1.165) is 35.5 Å². The maximum absolute atomic E-state index is 13.8. The van der Waals surface area contributed by atoms with Gasteiger partial charge < -0.3 is 4.90 Å². The Morgan fingerprint density at radius 2 is 1.84 bits per heavy atom. The molecule has 2 aromatic carbocycles. The first-order chi connectivity index (χ1) is 12.2. The number of rotatable bonds is 1. The Kier molecular flexibility index (Phi) is 3.02. The number of anilines is 1. The van der Waals surface area contributed by atoms with Gasteiger partial charge in [-0.1, -0.05) is 54.6 Å².